The zero-order valence-electron chi connectivity index (χ0n) is 15.7. The average Bonchev–Trinajstić information content (AvgIpc) is 2.71. The van der Waals surface area contributed by atoms with Crippen LogP contribution in [0.5, 0.6) is 0 Å². The average molecular weight is 402 g/mol. The van der Waals surface area contributed by atoms with E-state index >= 15 is 0 Å². The smallest absolute Gasteiger partial charge is 0.352 e. The Bertz CT molecular complexity index is 1060. The van der Waals surface area contributed by atoms with E-state index in [9.17, 15) is 22.8 Å². The summed E-state index contributed by atoms with van der Waals surface area (Å²) in [6.45, 7) is -0.0610. The first-order chi connectivity index (χ1) is 13.8. The Labute approximate surface area is 165 Å². The number of pyridine rings is 1. The maximum absolute atomic E-state index is 13.0. The van der Waals surface area contributed by atoms with Crippen molar-refractivity contribution in [2.75, 3.05) is 0 Å². The number of hydrogen-bond acceptors (Lipinski definition) is 2. The van der Waals surface area contributed by atoms with E-state index in [1.165, 1.54) is 0 Å². The van der Waals surface area contributed by atoms with Crippen LogP contribution in [0.4, 0.5) is 13.2 Å². The molecule has 1 heterocycles. The number of carbonyl (C=O) groups excluding carboxylic acids is 1. The lowest BCUT2D eigenvalue weighted by Gasteiger charge is -2.31. The molecule has 2 aromatic carbocycles. The Balaban J connectivity index is 1.63. The number of alkyl halides is 3. The van der Waals surface area contributed by atoms with Crippen LogP contribution in [0.2, 0.25) is 0 Å². The van der Waals surface area contributed by atoms with Gasteiger partial charge in [-0.25, -0.2) is 0 Å². The standard InChI is InChI=1S/C22H21F3N2O2/c23-22(24,25)14-6-5-7-15(12-14)26-20(28)13-27-18-10-3-1-8-16(18)21(29)17-9-2-4-11-19(17)27/h1-4,8-11,14-15H,5-7,12-13H2,(H,26,28)/t14-,15+/m1/s1. The fourth-order valence-electron chi connectivity index (χ4n) is 4.28. The molecule has 0 bridgehead atoms. The first-order valence-corrected chi connectivity index (χ1v) is 9.71. The molecule has 0 spiro atoms. The Kier molecular flexibility index (Phi) is 5.06. The molecule has 152 valence electrons. The monoisotopic (exact) mass is 402 g/mol. The number of para-hydroxylation sites is 2. The Morgan fingerprint density at radius 3 is 2.17 bits per heavy atom. The highest BCUT2D eigenvalue weighted by Gasteiger charge is 2.42. The minimum atomic E-state index is -4.23. The van der Waals surface area contributed by atoms with Crippen LogP contribution in [0.3, 0.4) is 0 Å². The summed E-state index contributed by atoms with van der Waals surface area (Å²) < 4.78 is 40.9. The number of benzene rings is 2. The SMILES string of the molecule is O=C(Cn1c2ccccc2c(=O)c2ccccc21)N[C@H]1CCC[C@@H](C(F)(F)F)C1. The van der Waals surface area contributed by atoms with E-state index in [-0.39, 0.29) is 30.7 Å². The van der Waals surface area contributed by atoms with Gasteiger partial charge in [-0.15, -0.1) is 0 Å². The second-order valence-corrected chi connectivity index (χ2v) is 7.62. The number of hydrogen-bond donors (Lipinski definition) is 1. The highest BCUT2D eigenvalue weighted by atomic mass is 19.4. The molecule has 1 amide bonds. The highest BCUT2D eigenvalue weighted by Crippen LogP contribution is 2.37. The minimum Gasteiger partial charge on any atom is -0.352 e. The van der Waals surface area contributed by atoms with E-state index in [1.54, 1.807) is 53.1 Å². The molecule has 7 heteroatoms. The van der Waals surface area contributed by atoms with Crippen molar-refractivity contribution in [2.45, 2.75) is 44.4 Å². The molecule has 2 atom stereocenters. The van der Waals surface area contributed by atoms with Gasteiger partial charge in [-0.2, -0.15) is 13.2 Å². The molecule has 1 fully saturated rings. The van der Waals surface area contributed by atoms with Gasteiger partial charge in [0, 0.05) is 16.8 Å². The summed E-state index contributed by atoms with van der Waals surface area (Å²) in [6, 6.07) is 13.6. The lowest BCUT2D eigenvalue weighted by Crippen LogP contribution is -2.42. The van der Waals surface area contributed by atoms with Gasteiger partial charge >= 0.3 is 6.18 Å². The van der Waals surface area contributed by atoms with E-state index in [0.717, 1.165) is 0 Å². The van der Waals surface area contributed by atoms with Crippen LogP contribution in [0.1, 0.15) is 25.7 Å². The van der Waals surface area contributed by atoms with Gasteiger partial charge in [-0.1, -0.05) is 30.7 Å². The third-order valence-electron chi connectivity index (χ3n) is 5.68. The van der Waals surface area contributed by atoms with Gasteiger partial charge in [0.05, 0.1) is 17.0 Å². The normalized spacial score (nSPS) is 20.1. The zero-order valence-corrected chi connectivity index (χ0v) is 15.7. The predicted octanol–water partition coefficient (Wildman–Crippen LogP) is 4.39. The summed E-state index contributed by atoms with van der Waals surface area (Å²) in [4.78, 5) is 25.5. The minimum absolute atomic E-state index is 0.0610. The first-order valence-electron chi connectivity index (χ1n) is 9.71. The zero-order chi connectivity index (χ0) is 20.6. The summed E-state index contributed by atoms with van der Waals surface area (Å²) in [5.41, 5.74) is 1.15. The van der Waals surface area contributed by atoms with Crippen molar-refractivity contribution in [2.24, 2.45) is 5.92 Å². The van der Waals surface area contributed by atoms with Crippen LogP contribution in [-0.2, 0) is 11.3 Å². The molecule has 29 heavy (non-hydrogen) atoms. The summed E-state index contributed by atoms with van der Waals surface area (Å²) >= 11 is 0. The van der Waals surface area contributed by atoms with Crippen LogP contribution in [0.25, 0.3) is 21.8 Å². The maximum Gasteiger partial charge on any atom is 0.391 e. The van der Waals surface area contributed by atoms with E-state index in [1.807, 2.05) is 0 Å². The molecular weight excluding hydrogens is 381 g/mol. The molecule has 1 saturated carbocycles. The molecule has 4 rings (SSSR count). The summed E-state index contributed by atoms with van der Waals surface area (Å²) in [5.74, 6) is -1.72. The molecule has 4 nitrogen and oxygen atoms in total. The van der Waals surface area contributed by atoms with Crippen LogP contribution in [0, 0.1) is 5.92 Å². The fourth-order valence-corrected chi connectivity index (χ4v) is 4.28. The summed E-state index contributed by atoms with van der Waals surface area (Å²) in [5, 5.41) is 3.79. The molecule has 1 aromatic heterocycles. The van der Waals surface area contributed by atoms with E-state index < -0.39 is 18.1 Å². The Morgan fingerprint density at radius 1 is 1.00 bits per heavy atom. The van der Waals surface area contributed by atoms with E-state index in [0.29, 0.717) is 34.6 Å². The predicted molar refractivity (Wildman–Crippen MR) is 106 cm³/mol. The number of halogens is 3. The maximum atomic E-state index is 13.0. The van der Waals surface area contributed by atoms with Crippen LogP contribution in [-0.4, -0.2) is 22.7 Å². The van der Waals surface area contributed by atoms with Gasteiger partial charge in [0.25, 0.3) is 0 Å². The quantitative estimate of drug-likeness (QED) is 0.661. The molecule has 0 saturated heterocycles. The van der Waals surface area contributed by atoms with Gasteiger partial charge in [0.1, 0.15) is 6.54 Å². The number of aromatic nitrogens is 1. The van der Waals surface area contributed by atoms with Gasteiger partial charge in [-0.05, 0) is 43.5 Å². The Hall–Kier alpha value is -2.83. The highest BCUT2D eigenvalue weighted by molar-refractivity contribution is 5.94. The van der Waals surface area contributed by atoms with Gasteiger partial charge in [-0.3, -0.25) is 9.59 Å². The van der Waals surface area contributed by atoms with Crippen molar-refractivity contribution < 1.29 is 18.0 Å². The van der Waals surface area contributed by atoms with Crippen molar-refractivity contribution in [1.29, 1.82) is 0 Å². The molecular formula is C22H21F3N2O2. The molecule has 0 unspecified atom stereocenters. The number of fused-ring (bicyclic) bond motifs is 2. The summed E-state index contributed by atoms with van der Waals surface area (Å²) in [6.07, 6.45) is -3.21. The van der Waals surface area contributed by atoms with Gasteiger partial charge in [0.2, 0.25) is 5.91 Å². The van der Waals surface area contributed by atoms with E-state index in [2.05, 4.69) is 5.32 Å². The van der Waals surface area contributed by atoms with Crippen molar-refractivity contribution in [3.05, 3.63) is 58.8 Å². The first kappa shape index (κ1) is 19.5. The number of nitrogens with zero attached hydrogens (tertiary/aromatic N) is 1. The lowest BCUT2D eigenvalue weighted by molar-refractivity contribution is -0.184. The van der Waals surface area contributed by atoms with Crippen LogP contribution in [0.15, 0.2) is 53.3 Å². The van der Waals surface area contributed by atoms with Crippen molar-refractivity contribution in [1.82, 2.24) is 9.88 Å². The van der Waals surface area contributed by atoms with E-state index in [4.69, 9.17) is 0 Å². The fraction of sp³-hybridized carbons (Fsp3) is 0.364. The van der Waals surface area contributed by atoms with Crippen LogP contribution >= 0.6 is 0 Å². The van der Waals surface area contributed by atoms with Crippen molar-refractivity contribution in [3.8, 4) is 0 Å². The molecule has 1 N–H and O–H groups in total. The molecule has 1 aliphatic rings. The topological polar surface area (TPSA) is 51.1 Å². The number of amides is 1. The Morgan fingerprint density at radius 2 is 1.59 bits per heavy atom. The number of carbonyl (C=O) groups is 1. The van der Waals surface area contributed by atoms with Crippen LogP contribution < -0.4 is 10.7 Å². The second-order valence-electron chi connectivity index (χ2n) is 7.62. The third kappa shape index (κ3) is 3.86. The molecule has 1 aliphatic carbocycles. The molecule has 0 radical (unpaired) electrons. The molecule has 3 aromatic rings. The molecule has 0 aliphatic heterocycles. The largest absolute Gasteiger partial charge is 0.391 e. The second kappa shape index (κ2) is 7.54. The van der Waals surface area contributed by atoms with Crippen molar-refractivity contribution >= 4 is 27.7 Å². The summed E-state index contributed by atoms with van der Waals surface area (Å²) in [7, 11) is 0. The van der Waals surface area contributed by atoms with Crippen molar-refractivity contribution in [3.63, 3.8) is 0 Å². The number of nitrogens with one attached hydrogen (secondary N) is 1. The third-order valence-corrected chi connectivity index (χ3v) is 5.68. The van der Waals surface area contributed by atoms with Gasteiger partial charge < -0.3 is 9.88 Å². The lowest BCUT2D eigenvalue weighted by atomic mass is 9.85. The van der Waals surface area contributed by atoms with Gasteiger partial charge in [0.15, 0.2) is 5.43 Å². The number of rotatable bonds is 3.